The van der Waals surface area contributed by atoms with Gasteiger partial charge in [-0.3, -0.25) is 5.41 Å². The molecular weight excluding hydrogens is 170 g/mol. The Morgan fingerprint density at radius 3 is 1.40 bits per heavy atom. The van der Waals surface area contributed by atoms with Crippen LogP contribution >= 0.6 is 0 Å². The molecule has 0 saturated carbocycles. The first kappa shape index (κ1) is 22.6. The third-order valence-electron chi connectivity index (χ3n) is 0. The zero-order valence-electron chi connectivity index (χ0n) is 7.16. The van der Waals surface area contributed by atoms with E-state index in [0.717, 1.165) is 0 Å². The van der Waals surface area contributed by atoms with E-state index < -0.39 is 6.16 Å². The molecule has 0 saturated heterocycles. The van der Waals surface area contributed by atoms with Gasteiger partial charge in [0.25, 0.3) is 0 Å². The van der Waals surface area contributed by atoms with E-state index in [4.69, 9.17) is 20.4 Å². The van der Waals surface area contributed by atoms with Crippen molar-refractivity contribution < 1.29 is 23.3 Å². The minimum atomic E-state index is -1.83. The van der Waals surface area contributed by atoms with Crippen molar-refractivity contribution in [2.45, 2.75) is 0 Å². The summed E-state index contributed by atoms with van der Waals surface area (Å²) in [6.07, 6.45) is -1.83. The van der Waals surface area contributed by atoms with Crippen molar-refractivity contribution in [2.75, 3.05) is 0 Å². The molecule has 0 aliphatic heterocycles. The second kappa shape index (κ2) is 15.9. The molecule has 0 fully saturated rings. The van der Waals surface area contributed by atoms with Gasteiger partial charge >= 0.3 is 43.9 Å². The molecule has 8 heteroatoms. The summed E-state index contributed by atoms with van der Waals surface area (Å²) >= 11 is 0. The molecule has 0 atom stereocenters. The fourth-order valence-corrected chi connectivity index (χ4v) is 0. The van der Waals surface area contributed by atoms with Crippen LogP contribution in [-0.4, -0.2) is 65.5 Å². The van der Waals surface area contributed by atoms with E-state index >= 15 is 0 Å². The number of carbonyl (C=O) groups is 1. The maximum Gasteiger partial charge on any atom is 2.00 e. The summed E-state index contributed by atoms with van der Waals surface area (Å²) in [6, 6.07) is 0. The summed E-state index contributed by atoms with van der Waals surface area (Å²) < 4.78 is 0. The van der Waals surface area contributed by atoms with E-state index in [1.165, 1.54) is 0 Å². The Labute approximate surface area is 89.8 Å². The molecule has 0 unspecified atom stereocenters. The van der Waals surface area contributed by atoms with Gasteiger partial charge in [0.1, 0.15) is 0 Å². The average Bonchev–Trinajstić information content (AvgIpc) is 1.25. The summed E-state index contributed by atoms with van der Waals surface area (Å²) in [5, 5.41) is 20.0. The molecule has 0 amide bonds. The van der Waals surface area contributed by atoms with Crippen molar-refractivity contribution in [1.82, 2.24) is 0 Å². The minimum absolute atomic E-state index is 0. The van der Waals surface area contributed by atoms with Crippen molar-refractivity contribution >= 4 is 49.9 Å². The SMILES string of the molecule is N=C(N)N.O.O=C(O)O.[Ca+2].[H-].[H-]. The Hall–Kier alpha value is -0.240. The fraction of sp³-hybridized carbons (Fsp3) is 0. The van der Waals surface area contributed by atoms with Crippen LogP contribution in [0.15, 0.2) is 0 Å². The zero-order chi connectivity index (χ0) is 7.15. The third-order valence-corrected chi connectivity index (χ3v) is 0. The molecular formula is C2H11CaN3O4. The molecule has 0 bridgehead atoms. The standard InChI is InChI=1S/CH5N3.CH2O3.Ca.H2O.2H/c2*2-1(3)4;;;;/h(H5,2,3,4);(H2,2,3,4);;1H2;;/q;;+2;;2*-1. The largest absolute Gasteiger partial charge is 2.00 e. The molecule has 0 aromatic carbocycles. The summed E-state index contributed by atoms with van der Waals surface area (Å²) in [4.78, 5) is 8.56. The first-order chi connectivity index (χ1) is 3.46. The number of guanidine groups is 1. The molecule has 0 radical (unpaired) electrons. The smallest absolute Gasteiger partial charge is 1.00 e. The molecule has 7 nitrogen and oxygen atoms in total. The number of carboxylic acid groups (broad SMARTS) is 2. The van der Waals surface area contributed by atoms with E-state index in [9.17, 15) is 0 Å². The number of nitrogens with two attached hydrogens (primary N) is 2. The summed E-state index contributed by atoms with van der Waals surface area (Å²) in [7, 11) is 0. The van der Waals surface area contributed by atoms with Crippen LogP contribution in [0.1, 0.15) is 2.85 Å². The van der Waals surface area contributed by atoms with Gasteiger partial charge < -0.3 is 30.0 Å². The van der Waals surface area contributed by atoms with Crippen LogP contribution < -0.4 is 11.5 Å². The Bertz CT molecular complexity index is 84.3. The van der Waals surface area contributed by atoms with Crippen molar-refractivity contribution in [3.8, 4) is 0 Å². The van der Waals surface area contributed by atoms with E-state index in [1.54, 1.807) is 0 Å². The first-order valence-electron chi connectivity index (χ1n) is 1.48. The van der Waals surface area contributed by atoms with E-state index in [2.05, 4.69) is 11.5 Å². The Balaban J connectivity index is -0.0000000112. The average molecular weight is 181 g/mol. The maximum atomic E-state index is 8.56. The number of rotatable bonds is 0. The van der Waals surface area contributed by atoms with E-state index in [1.807, 2.05) is 0 Å². The molecule has 60 valence electrons. The molecule has 0 heterocycles. The van der Waals surface area contributed by atoms with Gasteiger partial charge in [0.15, 0.2) is 5.96 Å². The van der Waals surface area contributed by atoms with Crippen LogP contribution in [-0.2, 0) is 0 Å². The number of nitrogens with one attached hydrogen (secondary N) is 1. The van der Waals surface area contributed by atoms with Gasteiger partial charge in [-0.05, 0) is 0 Å². The van der Waals surface area contributed by atoms with Crippen LogP contribution in [0.4, 0.5) is 4.79 Å². The van der Waals surface area contributed by atoms with Crippen molar-refractivity contribution in [2.24, 2.45) is 11.5 Å². The van der Waals surface area contributed by atoms with Crippen LogP contribution in [0.2, 0.25) is 0 Å². The molecule has 0 aliphatic rings. The van der Waals surface area contributed by atoms with Crippen molar-refractivity contribution in [1.29, 1.82) is 5.41 Å². The van der Waals surface area contributed by atoms with Gasteiger partial charge in [-0.15, -0.1) is 0 Å². The van der Waals surface area contributed by atoms with Crippen molar-refractivity contribution in [3.05, 3.63) is 0 Å². The summed E-state index contributed by atoms with van der Waals surface area (Å²) in [5.74, 6) is -0.333. The van der Waals surface area contributed by atoms with Gasteiger partial charge in [-0.1, -0.05) is 0 Å². The van der Waals surface area contributed by atoms with Gasteiger partial charge in [-0.25, -0.2) is 4.79 Å². The molecule has 0 aromatic rings. The number of hydrogen-bond acceptors (Lipinski definition) is 2. The maximum absolute atomic E-state index is 8.56. The normalized spacial score (nSPS) is 4.80. The van der Waals surface area contributed by atoms with Gasteiger partial charge in [0.2, 0.25) is 0 Å². The predicted molar refractivity (Wildman–Crippen MR) is 38.3 cm³/mol. The van der Waals surface area contributed by atoms with Gasteiger partial charge in [0.05, 0.1) is 0 Å². The van der Waals surface area contributed by atoms with E-state index in [0.29, 0.717) is 0 Å². The second-order valence-corrected chi connectivity index (χ2v) is 0.738. The van der Waals surface area contributed by atoms with E-state index in [-0.39, 0.29) is 52.0 Å². The monoisotopic (exact) mass is 181 g/mol. The first-order valence-corrected chi connectivity index (χ1v) is 1.48. The van der Waals surface area contributed by atoms with Crippen LogP contribution in [0, 0.1) is 5.41 Å². The van der Waals surface area contributed by atoms with Gasteiger partial charge in [0, 0.05) is 0 Å². The summed E-state index contributed by atoms with van der Waals surface area (Å²) in [6.45, 7) is 0. The zero-order valence-corrected chi connectivity index (χ0v) is 7.37. The topological polar surface area (TPSA) is 165 Å². The van der Waals surface area contributed by atoms with Crippen LogP contribution in [0.25, 0.3) is 0 Å². The molecule has 0 aliphatic carbocycles. The second-order valence-electron chi connectivity index (χ2n) is 0.738. The fourth-order valence-electron chi connectivity index (χ4n) is 0. The van der Waals surface area contributed by atoms with Crippen molar-refractivity contribution in [3.63, 3.8) is 0 Å². The molecule has 9 N–H and O–H groups in total. The minimum Gasteiger partial charge on any atom is -1.00 e. The molecule has 0 rings (SSSR count). The number of hydrogen-bond donors (Lipinski definition) is 5. The third kappa shape index (κ3) is 6140. The van der Waals surface area contributed by atoms with Crippen LogP contribution in [0.3, 0.4) is 0 Å². The van der Waals surface area contributed by atoms with Gasteiger partial charge in [-0.2, -0.15) is 0 Å². The molecule has 0 aromatic heterocycles. The Kier molecular flexibility index (Phi) is 35.9. The Morgan fingerprint density at radius 1 is 1.40 bits per heavy atom. The Morgan fingerprint density at radius 2 is 1.40 bits per heavy atom. The quantitative estimate of drug-likeness (QED) is 0.167. The van der Waals surface area contributed by atoms with Crippen LogP contribution in [0.5, 0.6) is 0 Å². The summed E-state index contributed by atoms with van der Waals surface area (Å²) in [5.41, 5.74) is 8.94. The predicted octanol–water partition coefficient (Wildman–Crippen LogP) is -1.92. The molecule has 0 spiro atoms. The molecule has 10 heavy (non-hydrogen) atoms.